The van der Waals surface area contributed by atoms with Crippen LogP contribution in [0.4, 0.5) is 5.69 Å². The third kappa shape index (κ3) is 5.09. The van der Waals surface area contributed by atoms with Gasteiger partial charge in [-0.05, 0) is 38.1 Å². The van der Waals surface area contributed by atoms with Crippen LogP contribution in [-0.2, 0) is 4.79 Å². The zero-order valence-electron chi connectivity index (χ0n) is 11.8. The van der Waals surface area contributed by atoms with Crippen LogP contribution in [0.2, 0.25) is 0 Å². The number of anilines is 1. The topological polar surface area (TPSA) is 79.9 Å². The first-order valence-corrected chi connectivity index (χ1v) is 6.48. The number of nitriles is 2. The van der Waals surface area contributed by atoms with Gasteiger partial charge in [-0.3, -0.25) is 9.69 Å². The van der Waals surface area contributed by atoms with E-state index in [1.165, 1.54) is 0 Å². The molecule has 0 fully saturated rings. The normalized spacial score (nSPS) is 10.1. The molecule has 1 N–H and O–H groups in total. The van der Waals surface area contributed by atoms with Crippen LogP contribution < -0.4 is 5.32 Å². The summed E-state index contributed by atoms with van der Waals surface area (Å²) in [5.41, 5.74) is 1.22. The van der Waals surface area contributed by atoms with Gasteiger partial charge in [-0.15, -0.1) is 0 Å². The summed E-state index contributed by atoms with van der Waals surface area (Å²) in [5.74, 6) is -0.124. The molecular weight excluding hydrogens is 252 g/mol. The molecule has 104 valence electrons. The standard InChI is InChI=1S/C15H18N4O/c1-12(2)19(9-3-8-16)11-15(20)18-14-6-4-13(10-17)5-7-14/h4-7,12H,3,9,11H2,1-2H3,(H,18,20). The van der Waals surface area contributed by atoms with Gasteiger partial charge in [-0.2, -0.15) is 10.5 Å². The molecule has 1 amide bonds. The second-order valence-electron chi connectivity index (χ2n) is 4.71. The number of hydrogen-bond donors (Lipinski definition) is 1. The Labute approximate surface area is 119 Å². The smallest absolute Gasteiger partial charge is 0.238 e. The number of benzene rings is 1. The number of nitrogens with one attached hydrogen (secondary N) is 1. The highest BCUT2D eigenvalue weighted by Crippen LogP contribution is 2.09. The minimum atomic E-state index is -0.124. The maximum atomic E-state index is 11.9. The number of carbonyl (C=O) groups excluding carboxylic acids is 1. The Morgan fingerprint density at radius 3 is 2.45 bits per heavy atom. The minimum absolute atomic E-state index is 0.124. The lowest BCUT2D eigenvalue weighted by Crippen LogP contribution is -2.38. The van der Waals surface area contributed by atoms with Crippen LogP contribution in [0, 0.1) is 22.7 Å². The summed E-state index contributed by atoms with van der Waals surface area (Å²) in [7, 11) is 0. The molecule has 1 aromatic rings. The van der Waals surface area contributed by atoms with Crippen LogP contribution in [-0.4, -0.2) is 29.9 Å². The van der Waals surface area contributed by atoms with Crippen molar-refractivity contribution in [3.63, 3.8) is 0 Å². The van der Waals surface area contributed by atoms with E-state index < -0.39 is 0 Å². The predicted octanol–water partition coefficient (Wildman–Crippen LogP) is 2.12. The molecule has 0 aliphatic heterocycles. The molecule has 0 aliphatic rings. The van der Waals surface area contributed by atoms with Gasteiger partial charge in [-0.25, -0.2) is 0 Å². The minimum Gasteiger partial charge on any atom is -0.325 e. The lowest BCUT2D eigenvalue weighted by Gasteiger charge is -2.24. The zero-order valence-corrected chi connectivity index (χ0v) is 11.8. The van der Waals surface area contributed by atoms with Crippen molar-refractivity contribution in [1.29, 1.82) is 10.5 Å². The van der Waals surface area contributed by atoms with Gasteiger partial charge < -0.3 is 5.32 Å². The molecular formula is C15H18N4O. The zero-order chi connectivity index (χ0) is 15.0. The van der Waals surface area contributed by atoms with Gasteiger partial charge >= 0.3 is 0 Å². The van der Waals surface area contributed by atoms with Crippen LogP contribution in [0.3, 0.4) is 0 Å². The Balaban J connectivity index is 2.56. The molecule has 0 saturated heterocycles. The third-order valence-electron chi connectivity index (χ3n) is 2.89. The Bertz CT molecular complexity index is 522. The van der Waals surface area contributed by atoms with Crippen molar-refractivity contribution in [2.45, 2.75) is 26.3 Å². The van der Waals surface area contributed by atoms with E-state index in [-0.39, 0.29) is 18.5 Å². The lowest BCUT2D eigenvalue weighted by molar-refractivity contribution is -0.117. The molecule has 0 bridgehead atoms. The summed E-state index contributed by atoms with van der Waals surface area (Å²) in [6.45, 7) is 4.81. The molecule has 0 aliphatic carbocycles. The van der Waals surface area contributed by atoms with Crippen LogP contribution >= 0.6 is 0 Å². The largest absolute Gasteiger partial charge is 0.325 e. The first-order valence-electron chi connectivity index (χ1n) is 6.48. The Kier molecular flexibility index (Phi) is 6.22. The van der Waals surface area contributed by atoms with Gasteiger partial charge in [0.2, 0.25) is 5.91 Å². The molecule has 0 atom stereocenters. The van der Waals surface area contributed by atoms with Crippen LogP contribution in [0.25, 0.3) is 0 Å². The quantitative estimate of drug-likeness (QED) is 0.858. The van der Waals surface area contributed by atoms with E-state index >= 15 is 0 Å². The molecule has 5 heteroatoms. The van der Waals surface area contributed by atoms with Crippen molar-refractivity contribution in [2.75, 3.05) is 18.4 Å². The maximum absolute atomic E-state index is 11.9. The van der Waals surface area contributed by atoms with Crippen LogP contribution in [0.5, 0.6) is 0 Å². The van der Waals surface area contributed by atoms with Crippen molar-refractivity contribution >= 4 is 11.6 Å². The second-order valence-corrected chi connectivity index (χ2v) is 4.71. The van der Waals surface area contributed by atoms with E-state index in [2.05, 4.69) is 11.4 Å². The van der Waals surface area contributed by atoms with E-state index in [1.54, 1.807) is 24.3 Å². The molecule has 1 rings (SSSR count). The van der Waals surface area contributed by atoms with E-state index in [0.717, 1.165) is 0 Å². The first kappa shape index (κ1) is 15.7. The molecule has 0 saturated carbocycles. The van der Waals surface area contributed by atoms with E-state index in [1.807, 2.05) is 24.8 Å². The number of amides is 1. The monoisotopic (exact) mass is 270 g/mol. The molecule has 0 heterocycles. The van der Waals surface area contributed by atoms with Crippen molar-refractivity contribution in [2.24, 2.45) is 0 Å². The highest BCUT2D eigenvalue weighted by molar-refractivity contribution is 5.92. The summed E-state index contributed by atoms with van der Waals surface area (Å²) >= 11 is 0. The molecule has 1 aromatic carbocycles. The van der Waals surface area contributed by atoms with Gasteiger partial charge in [0.25, 0.3) is 0 Å². The molecule has 0 radical (unpaired) electrons. The first-order chi connectivity index (χ1) is 9.56. The second kappa shape index (κ2) is 7.93. The molecule has 0 spiro atoms. The number of nitrogens with zero attached hydrogens (tertiary/aromatic N) is 3. The SMILES string of the molecule is CC(C)N(CCC#N)CC(=O)Nc1ccc(C#N)cc1. The lowest BCUT2D eigenvalue weighted by atomic mass is 10.2. The number of carbonyl (C=O) groups is 1. The van der Waals surface area contributed by atoms with Crippen molar-refractivity contribution in [1.82, 2.24) is 4.90 Å². The fourth-order valence-electron chi connectivity index (χ4n) is 1.73. The number of rotatable bonds is 6. The molecule has 0 aromatic heterocycles. The summed E-state index contributed by atoms with van der Waals surface area (Å²) in [6.07, 6.45) is 0.405. The van der Waals surface area contributed by atoms with Crippen molar-refractivity contribution in [3.8, 4) is 12.1 Å². The van der Waals surface area contributed by atoms with Gasteiger partial charge in [-0.1, -0.05) is 0 Å². The number of hydrogen-bond acceptors (Lipinski definition) is 4. The van der Waals surface area contributed by atoms with Gasteiger partial charge in [0.15, 0.2) is 0 Å². The fourth-order valence-corrected chi connectivity index (χ4v) is 1.73. The summed E-state index contributed by atoms with van der Waals surface area (Å²) in [5, 5.41) is 20.1. The van der Waals surface area contributed by atoms with Gasteiger partial charge in [0.1, 0.15) is 0 Å². The average molecular weight is 270 g/mol. The third-order valence-corrected chi connectivity index (χ3v) is 2.89. The van der Waals surface area contributed by atoms with E-state index in [4.69, 9.17) is 10.5 Å². The average Bonchev–Trinajstić information content (AvgIpc) is 2.44. The Morgan fingerprint density at radius 2 is 1.95 bits per heavy atom. The van der Waals surface area contributed by atoms with E-state index in [0.29, 0.717) is 24.2 Å². The Morgan fingerprint density at radius 1 is 1.30 bits per heavy atom. The van der Waals surface area contributed by atoms with Crippen molar-refractivity contribution < 1.29 is 4.79 Å². The highest BCUT2D eigenvalue weighted by atomic mass is 16.2. The summed E-state index contributed by atoms with van der Waals surface area (Å²) < 4.78 is 0. The molecule has 0 unspecified atom stereocenters. The Hall–Kier alpha value is -2.37. The maximum Gasteiger partial charge on any atom is 0.238 e. The van der Waals surface area contributed by atoms with Gasteiger partial charge in [0, 0.05) is 24.7 Å². The summed E-state index contributed by atoms with van der Waals surface area (Å²) in [6, 6.07) is 11.0. The van der Waals surface area contributed by atoms with Crippen molar-refractivity contribution in [3.05, 3.63) is 29.8 Å². The fraction of sp³-hybridized carbons (Fsp3) is 0.400. The van der Waals surface area contributed by atoms with Crippen LogP contribution in [0.1, 0.15) is 25.8 Å². The molecule has 20 heavy (non-hydrogen) atoms. The van der Waals surface area contributed by atoms with E-state index in [9.17, 15) is 4.79 Å². The summed E-state index contributed by atoms with van der Waals surface area (Å²) in [4.78, 5) is 13.9. The van der Waals surface area contributed by atoms with Gasteiger partial charge in [0.05, 0.1) is 24.2 Å². The highest BCUT2D eigenvalue weighted by Gasteiger charge is 2.13. The predicted molar refractivity (Wildman–Crippen MR) is 76.7 cm³/mol. The van der Waals surface area contributed by atoms with Crippen LogP contribution in [0.15, 0.2) is 24.3 Å². The molecule has 5 nitrogen and oxygen atoms in total.